The van der Waals surface area contributed by atoms with Crippen molar-refractivity contribution in [2.75, 3.05) is 7.11 Å². The minimum absolute atomic E-state index is 0.144. The first-order chi connectivity index (χ1) is 6.72. The van der Waals surface area contributed by atoms with E-state index in [0.717, 1.165) is 24.2 Å². The van der Waals surface area contributed by atoms with Crippen molar-refractivity contribution < 1.29 is 9.84 Å². The Labute approximate surface area is 83.5 Å². The molecule has 3 N–H and O–H groups in total. The van der Waals surface area contributed by atoms with Crippen LogP contribution in [0.3, 0.4) is 0 Å². The van der Waals surface area contributed by atoms with E-state index < -0.39 is 6.10 Å². The lowest BCUT2D eigenvalue weighted by molar-refractivity contribution is 0.133. The zero-order valence-corrected chi connectivity index (χ0v) is 8.23. The van der Waals surface area contributed by atoms with Crippen LogP contribution >= 0.6 is 0 Å². The number of hydrogen-bond donors (Lipinski definition) is 2. The number of nitrogens with two attached hydrogens (primary N) is 1. The van der Waals surface area contributed by atoms with E-state index in [1.807, 2.05) is 18.2 Å². The highest BCUT2D eigenvalue weighted by Crippen LogP contribution is 2.31. The van der Waals surface area contributed by atoms with E-state index in [1.54, 1.807) is 7.11 Å². The van der Waals surface area contributed by atoms with Crippen LogP contribution in [0.15, 0.2) is 18.2 Å². The molecule has 14 heavy (non-hydrogen) atoms. The Bertz CT molecular complexity index is 338. The minimum Gasteiger partial charge on any atom is -0.497 e. The van der Waals surface area contributed by atoms with Gasteiger partial charge in [0.25, 0.3) is 0 Å². The molecule has 1 aromatic carbocycles. The highest BCUT2D eigenvalue weighted by Gasteiger charge is 2.25. The summed E-state index contributed by atoms with van der Waals surface area (Å²) >= 11 is 0. The third kappa shape index (κ3) is 1.49. The van der Waals surface area contributed by atoms with E-state index in [2.05, 4.69) is 0 Å². The molecule has 0 radical (unpaired) electrons. The molecule has 0 aliphatic heterocycles. The van der Waals surface area contributed by atoms with Gasteiger partial charge in [0.1, 0.15) is 5.75 Å². The molecule has 0 spiro atoms. The maximum absolute atomic E-state index is 9.87. The van der Waals surface area contributed by atoms with Crippen LogP contribution < -0.4 is 10.5 Å². The standard InChI is InChI=1S/C11H15NO2/c1-14-8-4-2-7-3-5-10(12)11(13)9(7)6-8/h2,4,6,10-11,13H,3,5,12H2,1H3/t10-,11+/m1/s1. The predicted octanol–water partition coefficient (Wildman–Crippen LogP) is 1.00. The molecule has 0 heterocycles. The maximum atomic E-state index is 9.87. The first kappa shape index (κ1) is 9.49. The second-order valence-corrected chi connectivity index (χ2v) is 3.71. The van der Waals surface area contributed by atoms with Gasteiger partial charge in [-0.25, -0.2) is 0 Å². The first-order valence-corrected chi connectivity index (χ1v) is 4.83. The number of aliphatic hydroxyl groups excluding tert-OH is 1. The second kappa shape index (κ2) is 3.59. The summed E-state index contributed by atoms with van der Waals surface area (Å²) in [6, 6.07) is 5.65. The molecule has 0 saturated heterocycles. The summed E-state index contributed by atoms with van der Waals surface area (Å²) in [6.45, 7) is 0. The Morgan fingerprint density at radius 3 is 3.00 bits per heavy atom. The van der Waals surface area contributed by atoms with Crippen molar-refractivity contribution in [2.24, 2.45) is 5.73 Å². The van der Waals surface area contributed by atoms with Gasteiger partial charge >= 0.3 is 0 Å². The number of hydrogen-bond acceptors (Lipinski definition) is 3. The summed E-state index contributed by atoms with van der Waals surface area (Å²) < 4.78 is 5.11. The Balaban J connectivity index is 2.41. The Hall–Kier alpha value is -1.06. The number of fused-ring (bicyclic) bond motifs is 1. The van der Waals surface area contributed by atoms with Gasteiger partial charge < -0.3 is 15.6 Å². The molecule has 0 aromatic heterocycles. The van der Waals surface area contributed by atoms with Gasteiger partial charge in [0.2, 0.25) is 0 Å². The number of aryl methyl sites for hydroxylation is 1. The van der Waals surface area contributed by atoms with Crippen LogP contribution in [0.5, 0.6) is 5.75 Å². The van der Waals surface area contributed by atoms with E-state index in [9.17, 15) is 5.11 Å². The fraction of sp³-hybridized carbons (Fsp3) is 0.455. The van der Waals surface area contributed by atoms with Gasteiger partial charge in [0, 0.05) is 6.04 Å². The van der Waals surface area contributed by atoms with E-state index >= 15 is 0 Å². The van der Waals surface area contributed by atoms with Gasteiger partial charge in [-0.15, -0.1) is 0 Å². The highest BCUT2D eigenvalue weighted by molar-refractivity contribution is 5.39. The summed E-state index contributed by atoms with van der Waals surface area (Å²) in [5.41, 5.74) is 7.89. The number of benzene rings is 1. The van der Waals surface area contributed by atoms with Crippen LogP contribution in [-0.2, 0) is 6.42 Å². The SMILES string of the molecule is COc1ccc2c(c1)[C@H](O)[C@H](N)CC2. The topological polar surface area (TPSA) is 55.5 Å². The third-order valence-corrected chi connectivity index (χ3v) is 2.82. The summed E-state index contributed by atoms with van der Waals surface area (Å²) in [5, 5.41) is 9.87. The summed E-state index contributed by atoms with van der Waals surface area (Å²) in [7, 11) is 1.62. The number of ether oxygens (including phenoxy) is 1. The summed E-state index contributed by atoms with van der Waals surface area (Å²) in [6.07, 6.45) is 1.24. The molecular weight excluding hydrogens is 178 g/mol. The third-order valence-electron chi connectivity index (χ3n) is 2.82. The van der Waals surface area contributed by atoms with E-state index in [0.29, 0.717) is 0 Å². The quantitative estimate of drug-likeness (QED) is 0.699. The van der Waals surface area contributed by atoms with E-state index in [-0.39, 0.29) is 6.04 Å². The molecule has 2 rings (SSSR count). The molecule has 3 nitrogen and oxygen atoms in total. The number of aliphatic hydroxyl groups is 1. The summed E-state index contributed by atoms with van der Waals surface area (Å²) in [4.78, 5) is 0. The monoisotopic (exact) mass is 193 g/mol. The van der Waals surface area contributed by atoms with Crippen LogP contribution in [0.4, 0.5) is 0 Å². The Morgan fingerprint density at radius 1 is 1.50 bits per heavy atom. The van der Waals surface area contributed by atoms with Gasteiger partial charge in [-0.1, -0.05) is 6.07 Å². The van der Waals surface area contributed by atoms with E-state index in [4.69, 9.17) is 10.5 Å². The smallest absolute Gasteiger partial charge is 0.119 e. The summed E-state index contributed by atoms with van der Waals surface area (Å²) in [5.74, 6) is 0.775. The molecular formula is C11H15NO2. The van der Waals surface area contributed by atoms with Gasteiger partial charge in [-0.05, 0) is 36.1 Å². The first-order valence-electron chi connectivity index (χ1n) is 4.83. The minimum atomic E-state index is -0.547. The zero-order chi connectivity index (χ0) is 10.1. The van der Waals surface area contributed by atoms with Gasteiger partial charge in [0.05, 0.1) is 13.2 Å². The molecule has 76 valence electrons. The predicted molar refractivity (Wildman–Crippen MR) is 54.3 cm³/mol. The number of rotatable bonds is 1. The van der Waals surface area contributed by atoms with Crippen molar-refractivity contribution >= 4 is 0 Å². The Morgan fingerprint density at radius 2 is 2.29 bits per heavy atom. The second-order valence-electron chi connectivity index (χ2n) is 3.71. The van der Waals surface area contributed by atoms with Crippen molar-refractivity contribution in [3.63, 3.8) is 0 Å². The number of methoxy groups -OCH3 is 1. The average molecular weight is 193 g/mol. The molecule has 1 aromatic rings. The largest absolute Gasteiger partial charge is 0.497 e. The lowest BCUT2D eigenvalue weighted by Crippen LogP contribution is -2.32. The lowest BCUT2D eigenvalue weighted by atomic mass is 9.86. The Kier molecular flexibility index (Phi) is 2.44. The molecule has 1 aliphatic rings. The molecule has 3 heteroatoms. The average Bonchev–Trinajstić information content (AvgIpc) is 2.23. The highest BCUT2D eigenvalue weighted by atomic mass is 16.5. The van der Waals surface area contributed by atoms with Crippen LogP contribution in [-0.4, -0.2) is 18.3 Å². The molecule has 1 aliphatic carbocycles. The molecule has 0 unspecified atom stereocenters. The van der Waals surface area contributed by atoms with Gasteiger partial charge in [0.15, 0.2) is 0 Å². The van der Waals surface area contributed by atoms with Crippen molar-refractivity contribution in [2.45, 2.75) is 25.0 Å². The maximum Gasteiger partial charge on any atom is 0.119 e. The molecule has 0 fully saturated rings. The molecule has 0 saturated carbocycles. The van der Waals surface area contributed by atoms with Crippen LogP contribution in [0, 0.1) is 0 Å². The van der Waals surface area contributed by atoms with Gasteiger partial charge in [-0.2, -0.15) is 0 Å². The normalized spacial score (nSPS) is 25.6. The zero-order valence-electron chi connectivity index (χ0n) is 8.23. The van der Waals surface area contributed by atoms with Crippen LogP contribution in [0.1, 0.15) is 23.7 Å². The van der Waals surface area contributed by atoms with Crippen LogP contribution in [0.2, 0.25) is 0 Å². The van der Waals surface area contributed by atoms with Crippen molar-refractivity contribution in [1.29, 1.82) is 0 Å². The van der Waals surface area contributed by atoms with Crippen molar-refractivity contribution in [3.05, 3.63) is 29.3 Å². The van der Waals surface area contributed by atoms with Crippen molar-refractivity contribution in [3.8, 4) is 5.75 Å². The van der Waals surface area contributed by atoms with Crippen LogP contribution in [0.25, 0.3) is 0 Å². The van der Waals surface area contributed by atoms with Gasteiger partial charge in [-0.3, -0.25) is 0 Å². The van der Waals surface area contributed by atoms with Crippen molar-refractivity contribution in [1.82, 2.24) is 0 Å². The molecule has 0 bridgehead atoms. The van der Waals surface area contributed by atoms with E-state index in [1.165, 1.54) is 5.56 Å². The lowest BCUT2D eigenvalue weighted by Gasteiger charge is -2.27. The fourth-order valence-electron chi connectivity index (χ4n) is 1.91. The molecule has 2 atom stereocenters. The molecule has 0 amide bonds. The fourth-order valence-corrected chi connectivity index (χ4v) is 1.91.